The van der Waals surface area contributed by atoms with Crippen molar-refractivity contribution in [2.45, 2.75) is 20.8 Å². The number of anilines is 2. The zero-order chi connectivity index (χ0) is 28.1. The third-order valence-electron chi connectivity index (χ3n) is 5.78. The number of fused-ring (bicyclic) bond motifs is 1. The summed E-state index contributed by atoms with van der Waals surface area (Å²) in [5.74, 6) is -1.43. The highest BCUT2D eigenvalue weighted by atomic mass is 16.7. The van der Waals surface area contributed by atoms with Crippen LogP contribution in [0.3, 0.4) is 0 Å². The fourth-order valence-electron chi connectivity index (χ4n) is 3.97. The first kappa shape index (κ1) is 27.1. The summed E-state index contributed by atoms with van der Waals surface area (Å²) in [7, 11) is 0. The lowest BCUT2D eigenvalue weighted by Gasteiger charge is -2.15. The molecule has 0 saturated heterocycles. The van der Waals surface area contributed by atoms with Crippen molar-refractivity contribution in [3.63, 3.8) is 0 Å². The number of nitrogens with zero attached hydrogens (tertiary/aromatic N) is 1. The van der Waals surface area contributed by atoms with Crippen molar-refractivity contribution in [3.8, 4) is 5.75 Å². The Bertz CT molecular complexity index is 1450. The molecule has 0 fully saturated rings. The predicted octanol–water partition coefficient (Wildman–Crippen LogP) is 4.98. The van der Waals surface area contributed by atoms with E-state index < -0.39 is 23.9 Å². The van der Waals surface area contributed by atoms with Gasteiger partial charge in [0.05, 0.1) is 29.1 Å². The number of benzene rings is 3. The van der Waals surface area contributed by atoms with Crippen LogP contribution < -0.4 is 15.4 Å². The van der Waals surface area contributed by atoms with Crippen LogP contribution in [0.1, 0.15) is 62.2 Å². The summed E-state index contributed by atoms with van der Waals surface area (Å²) in [6.45, 7) is 5.95. The van der Waals surface area contributed by atoms with Gasteiger partial charge in [-0.2, -0.15) is 0 Å². The second kappa shape index (κ2) is 11.6. The van der Waals surface area contributed by atoms with E-state index in [0.29, 0.717) is 23.5 Å². The number of rotatable bonds is 8. The monoisotopic (exact) mass is 529 g/mol. The summed E-state index contributed by atoms with van der Waals surface area (Å²) in [6.07, 6.45) is -0.841. The Morgan fingerprint density at radius 1 is 0.795 bits per heavy atom. The van der Waals surface area contributed by atoms with Gasteiger partial charge in [-0.05, 0) is 67.4 Å². The first-order valence-corrected chi connectivity index (χ1v) is 12.3. The van der Waals surface area contributed by atoms with Crippen molar-refractivity contribution < 1.29 is 33.4 Å². The highest BCUT2D eigenvalue weighted by Crippen LogP contribution is 2.27. The van der Waals surface area contributed by atoms with Gasteiger partial charge >= 0.3 is 6.16 Å². The smallest absolute Gasteiger partial charge is 0.434 e. The van der Waals surface area contributed by atoms with Gasteiger partial charge in [0, 0.05) is 17.7 Å². The first-order chi connectivity index (χ1) is 18.7. The Morgan fingerprint density at radius 2 is 1.36 bits per heavy atom. The Kier molecular flexibility index (Phi) is 8.04. The van der Waals surface area contributed by atoms with Crippen molar-refractivity contribution >= 4 is 41.2 Å². The van der Waals surface area contributed by atoms with Gasteiger partial charge in [-0.15, -0.1) is 0 Å². The third kappa shape index (κ3) is 6.12. The van der Waals surface area contributed by atoms with Crippen LogP contribution in [0.4, 0.5) is 16.2 Å². The standard InChI is InChI=1S/C29H27N3O7/c1-4-38-29(37)39-20-12-9-18(10-13-20)25(33)30-23-7-5-6-8-24(23)31-26(34)19-11-14-21-22(15-19)28(36)32(27(21)35)16-17(2)3/h5-15,17H,4,16H2,1-3H3,(H,30,33)(H,31,34). The number of hydrogen-bond acceptors (Lipinski definition) is 7. The van der Waals surface area contributed by atoms with Gasteiger partial charge in [0.15, 0.2) is 0 Å². The van der Waals surface area contributed by atoms with Crippen molar-refractivity contribution in [3.05, 3.63) is 89.0 Å². The van der Waals surface area contributed by atoms with Crippen molar-refractivity contribution in [1.29, 1.82) is 0 Å². The number of ether oxygens (including phenoxy) is 2. The molecule has 1 heterocycles. The van der Waals surface area contributed by atoms with Gasteiger partial charge in [-0.25, -0.2) is 4.79 Å². The third-order valence-corrected chi connectivity index (χ3v) is 5.78. The molecule has 0 aromatic heterocycles. The van der Waals surface area contributed by atoms with Gasteiger partial charge in [0.2, 0.25) is 0 Å². The van der Waals surface area contributed by atoms with Crippen molar-refractivity contribution in [2.24, 2.45) is 5.92 Å². The van der Waals surface area contributed by atoms with Gasteiger partial charge in [-0.3, -0.25) is 24.1 Å². The maximum Gasteiger partial charge on any atom is 0.513 e. The van der Waals surface area contributed by atoms with E-state index in [1.54, 1.807) is 31.2 Å². The Labute approximate surface area is 224 Å². The molecule has 39 heavy (non-hydrogen) atoms. The number of carbonyl (C=O) groups is 5. The summed E-state index contributed by atoms with van der Waals surface area (Å²) in [5.41, 5.74) is 1.62. The molecule has 0 atom stereocenters. The molecule has 4 rings (SSSR count). The van der Waals surface area contributed by atoms with Crippen LogP contribution in [0.2, 0.25) is 0 Å². The molecular formula is C29H27N3O7. The number of nitrogens with one attached hydrogen (secondary N) is 2. The molecule has 0 unspecified atom stereocenters. The van der Waals surface area contributed by atoms with Crippen molar-refractivity contribution in [1.82, 2.24) is 4.90 Å². The topological polar surface area (TPSA) is 131 Å². The van der Waals surface area contributed by atoms with Gasteiger partial charge in [-0.1, -0.05) is 26.0 Å². The van der Waals surface area contributed by atoms with Crippen LogP contribution in [-0.2, 0) is 4.74 Å². The average Bonchev–Trinajstić information content (AvgIpc) is 3.14. The van der Waals surface area contributed by atoms with Crippen LogP contribution in [0, 0.1) is 5.92 Å². The normalized spacial score (nSPS) is 12.3. The summed E-state index contributed by atoms with van der Waals surface area (Å²) >= 11 is 0. The molecule has 0 bridgehead atoms. The minimum atomic E-state index is -0.841. The fraction of sp³-hybridized carbons (Fsp3) is 0.207. The molecule has 0 aliphatic carbocycles. The lowest BCUT2D eigenvalue weighted by molar-refractivity contribution is 0.0635. The van der Waals surface area contributed by atoms with E-state index in [0.717, 1.165) is 0 Å². The molecule has 1 aliphatic rings. The summed E-state index contributed by atoms with van der Waals surface area (Å²) in [6, 6.07) is 16.9. The predicted molar refractivity (Wildman–Crippen MR) is 143 cm³/mol. The van der Waals surface area contributed by atoms with Crippen LogP contribution in [-0.4, -0.2) is 47.8 Å². The lowest BCUT2D eigenvalue weighted by atomic mass is 10.1. The molecule has 1 aliphatic heterocycles. The number of hydrogen-bond donors (Lipinski definition) is 2. The van der Waals surface area contributed by atoms with Gasteiger partial charge in [0.25, 0.3) is 23.6 Å². The highest BCUT2D eigenvalue weighted by Gasteiger charge is 2.36. The fourth-order valence-corrected chi connectivity index (χ4v) is 3.97. The second-order valence-corrected chi connectivity index (χ2v) is 9.14. The highest BCUT2D eigenvalue weighted by molar-refractivity contribution is 6.22. The molecule has 0 spiro atoms. The Hall–Kier alpha value is -4.99. The van der Waals surface area contributed by atoms with Crippen molar-refractivity contribution in [2.75, 3.05) is 23.8 Å². The van der Waals surface area contributed by atoms with Crippen LogP contribution in [0.15, 0.2) is 66.7 Å². The van der Waals surface area contributed by atoms with E-state index >= 15 is 0 Å². The minimum absolute atomic E-state index is 0.109. The number of amides is 4. The van der Waals surface area contributed by atoms with Crippen LogP contribution >= 0.6 is 0 Å². The zero-order valence-electron chi connectivity index (χ0n) is 21.6. The molecule has 2 N–H and O–H groups in total. The van der Waals surface area contributed by atoms with Crippen LogP contribution in [0.5, 0.6) is 5.75 Å². The lowest BCUT2D eigenvalue weighted by Crippen LogP contribution is -2.33. The number of para-hydroxylation sites is 2. The Balaban J connectivity index is 1.46. The quantitative estimate of drug-likeness (QED) is 0.239. The van der Waals surface area contributed by atoms with E-state index in [1.165, 1.54) is 47.4 Å². The summed E-state index contributed by atoms with van der Waals surface area (Å²) in [4.78, 5) is 63.9. The molecule has 0 saturated carbocycles. The minimum Gasteiger partial charge on any atom is -0.434 e. The van der Waals surface area contributed by atoms with E-state index in [4.69, 9.17) is 9.47 Å². The second-order valence-electron chi connectivity index (χ2n) is 9.14. The zero-order valence-corrected chi connectivity index (χ0v) is 21.6. The molecule has 4 amide bonds. The maximum atomic E-state index is 13.1. The average molecular weight is 530 g/mol. The summed E-state index contributed by atoms with van der Waals surface area (Å²) < 4.78 is 9.71. The van der Waals surface area contributed by atoms with E-state index in [1.807, 2.05) is 13.8 Å². The van der Waals surface area contributed by atoms with E-state index in [-0.39, 0.29) is 40.9 Å². The SMILES string of the molecule is CCOC(=O)Oc1ccc(C(=O)Nc2ccccc2NC(=O)c2ccc3c(c2)C(=O)N(CC(C)C)C3=O)cc1. The van der Waals surface area contributed by atoms with Crippen LogP contribution in [0.25, 0.3) is 0 Å². The first-order valence-electron chi connectivity index (χ1n) is 12.3. The molecule has 10 heteroatoms. The van der Waals surface area contributed by atoms with E-state index in [2.05, 4.69) is 10.6 Å². The Morgan fingerprint density at radius 3 is 1.95 bits per heavy atom. The number of carbonyl (C=O) groups excluding carboxylic acids is 5. The van der Waals surface area contributed by atoms with Gasteiger partial charge < -0.3 is 20.1 Å². The largest absolute Gasteiger partial charge is 0.513 e. The maximum absolute atomic E-state index is 13.1. The van der Waals surface area contributed by atoms with E-state index in [9.17, 15) is 24.0 Å². The molecule has 200 valence electrons. The number of imide groups is 1. The molecular weight excluding hydrogens is 502 g/mol. The molecule has 3 aromatic rings. The molecule has 3 aromatic carbocycles. The van der Waals surface area contributed by atoms with Gasteiger partial charge in [0.1, 0.15) is 5.75 Å². The molecule has 0 radical (unpaired) electrons. The molecule has 10 nitrogen and oxygen atoms in total. The summed E-state index contributed by atoms with van der Waals surface area (Å²) in [5, 5.41) is 5.50.